The van der Waals surface area contributed by atoms with Crippen LogP contribution in [0.2, 0.25) is 0 Å². The van der Waals surface area contributed by atoms with Gasteiger partial charge in [-0.1, -0.05) is 37.1 Å². The van der Waals surface area contributed by atoms with Gasteiger partial charge in [-0.05, 0) is 30.9 Å². The van der Waals surface area contributed by atoms with Gasteiger partial charge in [0.15, 0.2) is 0 Å². The average Bonchev–Trinajstić information content (AvgIpc) is 2.47. The highest BCUT2D eigenvalue weighted by atomic mass is 16.4. The van der Waals surface area contributed by atoms with Gasteiger partial charge in [0.2, 0.25) is 0 Å². The molecule has 2 unspecified atom stereocenters. The molecule has 2 rings (SSSR count). The lowest BCUT2D eigenvalue weighted by atomic mass is 9.84. The Labute approximate surface area is 124 Å². The second kappa shape index (κ2) is 7.11. The van der Waals surface area contributed by atoms with Crippen LogP contribution in [0.15, 0.2) is 24.3 Å². The zero-order chi connectivity index (χ0) is 15.2. The highest BCUT2D eigenvalue weighted by molar-refractivity contribution is 5.76. The van der Waals surface area contributed by atoms with Gasteiger partial charge in [0, 0.05) is 12.6 Å². The maximum atomic E-state index is 11.9. The van der Waals surface area contributed by atoms with Crippen LogP contribution >= 0.6 is 0 Å². The number of nitrogens with one attached hydrogen (secondary N) is 2. The molecule has 0 aliphatic heterocycles. The van der Waals surface area contributed by atoms with Crippen molar-refractivity contribution < 1.29 is 14.7 Å². The van der Waals surface area contributed by atoms with Crippen molar-refractivity contribution in [1.82, 2.24) is 10.6 Å². The number of aliphatic carboxylic acids is 1. The summed E-state index contributed by atoms with van der Waals surface area (Å²) in [5, 5.41) is 14.8. The summed E-state index contributed by atoms with van der Waals surface area (Å²) in [6.07, 6.45) is 3.25. The van der Waals surface area contributed by atoms with E-state index in [-0.39, 0.29) is 12.1 Å². The van der Waals surface area contributed by atoms with Gasteiger partial charge in [-0.25, -0.2) is 4.79 Å². The van der Waals surface area contributed by atoms with Crippen LogP contribution in [0.5, 0.6) is 0 Å². The number of benzene rings is 1. The zero-order valence-corrected chi connectivity index (χ0v) is 12.3. The molecule has 0 heterocycles. The molecule has 0 saturated heterocycles. The predicted octanol–water partition coefficient (Wildman–Crippen LogP) is 2.44. The largest absolute Gasteiger partial charge is 0.481 e. The van der Waals surface area contributed by atoms with Crippen LogP contribution in [-0.2, 0) is 11.3 Å². The van der Waals surface area contributed by atoms with Crippen molar-refractivity contribution in [2.24, 2.45) is 5.92 Å². The fourth-order valence-electron chi connectivity index (χ4n) is 2.80. The first-order valence-electron chi connectivity index (χ1n) is 7.39. The van der Waals surface area contributed by atoms with Crippen LogP contribution in [0.1, 0.15) is 36.8 Å². The van der Waals surface area contributed by atoms with E-state index >= 15 is 0 Å². The molecule has 1 aliphatic rings. The Kier molecular flexibility index (Phi) is 5.20. The number of aryl methyl sites for hydroxylation is 1. The van der Waals surface area contributed by atoms with Gasteiger partial charge >= 0.3 is 12.0 Å². The molecule has 21 heavy (non-hydrogen) atoms. The molecule has 2 atom stereocenters. The van der Waals surface area contributed by atoms with Gasteiger partial charge in [-0.2, -0.15) is 0 Å². The van der Waals surface area contributed by atoms with E-state index < -0.39 is 11.9 Å². The second-order valence-electron chi connectivity index (χ2n) is 5.59. The lowest BCUT2D eigenvalue weighted by molar-refractivity contribution is -0.143. The molecule has 3 N–H and O–H groups in total. The third kappa shape index (κ3) is 4.21. The highest BCUT2D eigenvalue weighted by Crippen LogP contribution is 2.24. The number of hydrogen-bond acceptors (Lipinski definition) is 2. The van der Waals surface area contributed by atoms with Crippen molar-refractivity contribution in [3.63, 3.8) is 0 Å². The van der Waals surface area contributed by atoms with Crippen molar-refractivity contribution in [3.05, 3.63) is 35.4 Å². The molecule has 0 bridgehead atoms. The second-order valence-corrected chi connectivity index (χ2v) is 5.59. The Bertz CT molecular complexity index is 516. The normalized spacial score (nSPS) is 21.6. The quantitative estimate of drug-likeness (QED) is 0.797. The molecular formula is C16H22N2O3. The van der Waals surface area contributed by atoms with Crippen LogP contribution in [-0.4, -0.2) is 23.1 Å². The van der Waals surface area contributed by atoms with E-state index in [0.29, 0.717) is 13.0 Å². The van der Waals surface area contributed by atoms with Gasteiger partial charge < -0.3 is 15.7 Å². The summed E-state index contributed by atoms with van der Waals surface area (Å²) in [7, 11) is 0. The van der Waals surface area contributed by atoms with Crippen LogP contribution < -0.4 is 10.6 Å². The Morgan fingerprint density at radius 2 is 1.95 bits per heavy atom. The van der Waals surface area contributed by atoms with Crippen molar-refractivity contribution >= 4 is 12.0 Å². The first-order chi connectivity index (χ1) is 10.1. The van der Waals surface area contributed by atoms with E-state index in [9.17, 15) is 14.7 Å². The topological polar surface area (TPSA) is 78.4 Å². The van der Waals surface area contributed by atoms with E-state index in [2.05, 4.69) is 10.6 Å². The average molecular weight is 290 g/mol. The first kappa shape index (κ1) is 15.4. The van der Waals surface area contributed by atoms with E-state index in [4.69, 9.17) is 0 Å². The third-order valence-corrected chi connectivity index (χ3v) is 4.10. The smallest absolute Gasteiger partial charge is 0.315 e. The fourth-order valence-corrected chi connectivity index (χ4v) is 2.80. The molecule has 114 valence electrons. The summed E-state index contributed by atoms with van der Waals surface area (Å²) in [5.41, 5.74) is 2.19. The Balaban J connectivity index is 1.86. The molecule has 5 heteroatoms. The summed E-state index contributed by atoms with van der Waals surface area (Å²) in [4.78, 5) is 23.1. The molecule has 0 radical (unpaired) electrons. The monoisotopic (exact) mass is 290 g/mol. The molecule has 5 nitrogen and oxygen atoms in total. The lowest BCUT2D eigenvalue weighted by Crippen LogP contribution is -2.48. The van der Waals surface area contributed by atoms with Gasteiger partial charge in [-0.3, -0.25) is 4.79 Å². The fraction of sp³-hybridized carbons (Fsp3) is 0.500. The van der Waals surface area contributed by atoms with Crippen molar-refractivity contribution in [1.29, 1.82) is 0 Å². The van der Waals surface area contributed by atoms with E-state index in [1.54, 1.807) is 0 Å². The Hall–Kier alpha value is -2.04. The van der Waals surface area contributed by atoms with Gasteiger partial charge in [0.1, 0.15) is 0 Å². The molecule has 1 fully saturated rings. The number of amides is 2. The van der Waals surface area contributed by atoms with Gasteiger partial charge in [0.25, 0.3) is 0 Å². The minimum absolute atomic E-state index is 0.270. The van der Waals surface area contributed by atoms with Crippen LogP contribution in [0, 0.1) is 12.8 Å². The summed E-state index contributed by atoms with van der Waals surface area (Å²) in [6.45, 7) is 2.44. The number of carboxylic acid groups (broad SMARTS) is 1. The summed E-state index contributed by atoms with van der Waals surface area (Å²) < 4.78 is 0. The molecule has 1 aromatic carbocycles. The zero-order valence-electron chi connectivity index (χ0n) is 12.3. The molecule has 0 spiro atoms. The highest BCUT2D eigenvalue weighted by Gasteiger charge is 2.31. The van der Waals surface area contributed by atoms with Gasteiger partial charge in [-0.15, -0.1) is 0 Å². The van der Waals surface area contributed by atoms with Crippen LogP contribution in [0.3, 0.4) is 0 Å². The minimum atomic E-state index is -0.820. The van der Waals surface area contributed by atoms with Crippen LogP contribution in [0.4, 0.5) is 4.79 Å². The lowest BCUT2D eigenvalue weighted by Gasteiger charge is -2.29. The number of carbonyl (C=O) groups excluding carboxylic acids is 1. The molecule has 1 aliphatic carbocycles. The number of hydrogen-bond donors (Lipinski definition) is 3. The minimum Gasteiger partial charge on any atom is -0.481 e. The van der Waals surface area contributed by atoms with E-state index in [1.807, 2.05) is 31.2 Å². The summed E-state index contributed by atoms with van der Waals surface area (Å²) in [5.74, 6) is -1.29. The number of carbonyl (C=O) groups is 2. The predicted molar refractivity (Wildman–Crippen MR) is 79.9 cm³/mol. The number of urea groups is 1. The molecule has 0 aromatic heterocycles. The molecule has 2 amide bonds. The van der Waals surface area contributed by atoms with Crippen molar-refractivity contribution in [2.75, 3.05) is 0 Å². The molecular weight excluding hydrogens is 268 g/mol. The Morgan fingerprint density at radius 3 is 2.67 bits per heavy atom. The Morgan fingerprint density at radius 1 is 1.24 bits per heavy atom. The maximum absolute atomic E-state index is 11.9. The standard InChI is InChI=1S/C16H22N2O3/c1-11-6-2-3-7-12(11)10-17-16(21)18-14-9-5-4-8-13(14)15(19)20/h2-3,6-7,13-14H,4-5,8-10H2,1H3,(H,19,20)(H2,17,18,21). The SMILES string of the molecule is Cc1ccccc1CNC(=O)NC1CCCCC1C(=O)O. The third-order valence-electron chi connectivity index (χ3n) is 4.10. The number of rotatable bonds is 4. The van der Waals surface area contributed by atoms with E-state index in [1.165, 1.54) is 0 Å². The van der Waals surface area contributed by atoms with Crippen LogP contribution in [0.25, 0.3) is 0 Å². The molecule has 1 aromatic rings. The van der Waals surface area contributed by atoms with Gasteiger partial charge in [0.05, 0.1) is 5.92 Å². The molecule has 1 saturated carbocycles. The summed E-state index contributed by atoms with van der Waals surface area (Å²) >= 11 is 0. The van der Waals surface area contributed by atoms with Crippen molar-refractivity contribution in [2.45, 2.75) is 45.2 Å². The maximum Gasteiger partial charge on any atom is 0.315 e. The van der Waals surface area contributed by atoms with Crippen molar-refractivity contribution in [3.8, 4) is 0 Å². The number of carboxylic acids is 1. The van der Waals surface area contributed by atoms with E-state index in [0.717, 1.165) is 30.4 Å². The summed E-state index contributed by atoms with van der Waals surface area (Å²) in [6, 6.07) is 7.29. The first-order valence-corrected chi connectivity index (χ1v) is 7.39.